The number of halogens is 1. The lowest BCUT2D eigenvalue weighted by molar-refractivity contribution is 0.1000. The van der Waals surface area contributed by atoms with Crippen molar-refractivity contribution in [3.05, 3.63) is 50.6 Å². The third-order valence-corrected chi connectivity index (χ3v) is 3.60. The molecule has 4 N–H and O–H groups in total. The van der Waals surface area contributed by atoms with Crippen molar-refractivity contribution in [2.24, 2.45) is 5.73 Å². The van der Waals surface area contributed by atoms with E-state index in [0.717, 1.165) is 14.7 Å². The predicted molar refractivity (Wildman–Crippen MR) is 88.1 cm³/mol. The first-order valence-electron chi connectivity index (χ1n) is 6.02. The Labute approximate surface area is 131 Å². The van der Waals surface area contributed by atoms with Gasteiger partial charge in [0.2, 0.25) is 5.91 Å². The Hall–Kier alpha value is -1.76. The number of nitrogens with two attached hydrogens (primary N) is 2. The molecule has 0 spiro atoms. The molecule has 4 nitrogen and oxygen atoms in total. The zero-order chi connectivity index (χ0) is 14.9. The zero-order valence-corrected chi connectivity index (χ0v) is 13.4. The number of benzene rings is 2. The maximum Gasteiger partial charge on any atom is 0.248 e. The van der Waals surface area contributed by atoms with Crippen molar-refractivity contribution >= 4 is 34.2 Å². The van der Waals surface area contributed by atoms with Crippen molar-refractivity contribution in [1.82, 2.24) is 0 Å². The maximum atomic E-state index is 11.2. The molecule has 0 bridgehead atoms. The molecule has 0 saturated carbocycles. The number of amides is 1. The number of nitrogen functional groups attached to an aromatic ring is 1. The minimum Gasteiger partial charge on any atom is -0.455 e. The van der Waals surface area contributed by atoms with Gasteiger partial charge in [-0.05, 0) is 77.9 Å². The first kappa shape index (κ1) is 14.6. The molecule has 20 heavy (non-hydrogen) atoms. The molecule has 104 valence electrons. The third-order valence-electron chi connectivity index (χ3n) is 2.93. The highest BCUT2D eigenvalue weighted by molar-refractivity contribution is 14.1. The lowest BCUT2D eigenvalue weighted by atomic mass is 10.1. The number of hydrogen-bond donors (Lipinski definition) is 2. The van der Waals surface area contributed by atoms with E-state index in [1.165, 1.54) is 0 Å². The summed E-state index contributed by atoms with van der Waals surface area (Å²) in [5, 5.41) is 0. The van der Waals surface area contributed by atoms with E-state index < -0.39 is 5.91 Å². The second-order valence-corrected chi connectivity index (χ2v) is 5.83. The van der Waals surface area contributed by atoms with Crippen LogP contribution in [0.4, 0.5) is 5.69 Å². The molecule has 0 aliphatic carbocycles. The van der Waals surface area contributed by atoms with Crippen molar-refractivity contribution in [2.75, 3.05) is 5.73 Å². The minimum absolute atomic E-state index is 0.448. The third kappa shape index (κ3) is 3.04. The van der Waals surface area contributed by atoms with Crippen LogP contribution in [0.15, 0.2) is 30.3 Å². The highest BCUT2D eigenvalue weighted by Gasteiger charge is 2.11. The maximum absolute atomic E-state index is 11.2. The highest BCUT2D eigenvalue weighted by Crippen LogP contribution is 2.33. The molecule has 2 rings (SSSR count). The van der Waals surface area contributed by atoms with Gasteiger partial charge in [0.15, 0.2) is 0 Å². The number of anilines is 1. The highest BCUT2D eigenvalue weighted by atomic mass is 127. The van der Waals surface area contributed by atoms with Gasteiger partial charge in [0.1, 0.15) is 11.5 Å². The quantitative estimate of drug-likeness (QED) is 0.631. The summed E-state index contributed by atoms with van der Waals surface area (Å²) in [7, 11) is 0. The smallest absolute Gasteiger partial charge is 0.248 e. The molecule has 5 heteroatoms. The number of carbonyl (C=O) groups excluding carboxylic acids is 1. The van der Waals surface area contributed by atoms with Crippen LogP contribution in [-0.4, -0.2) is 5.91 Å². The Morgan fingerprint density at radius 1 is 1.15 bits per heavy atom. The van der Waals surface area contributed by atoms with E-state index >= 15 is 0 Å². The largest absolute Gasteiger partial charge is 0.455 e. The van der Waals surface area contributed by atoms with Crippen molar-refractivity contribution in [3.8, 4) is 11.5 Å². The van der Waals surface area contributed by atoms with E-state index in [1.807, 2.05) is 32.0 Å². The van der Waals surface area contributed by atoms with Gasteiger partial charge in [-0.2, -0.15) is 0 Å². The molecular formula is C15H15IN2O2. The summed E-state index contributed by atoms with van der Waals surface area (Å²) in [6, 6.07) is 9.03. The van der Waals surface area contributed by atoms with Crippen LogP contribution in [0.1, 0.15) is 21.5 Å². The Morgan fingerprint density at radius 2 is 1.75 bits per heavy atom. The van der Waals surface area contributed by atoms with Gasteiger partial charge in [-0.1, -0.05) is 0 Å². The van der Waals surface area contributed by atoms with Crippen molar-refractivity contribution in [3.63, 3.8) is 0 Å². The molecule has 0 aliphatic heterocycles. The number of ether oxygens (including phenoxy) is 1. The molecule has 0 saturated heterocycles. The number of aryl methyl sites for hydroxylation is 2. The Morgan fingerprint density at radius 3 is 2.25 bits per heavy atom. The van der Waals surface area contributed by atoms with Crippen molar-refractivity contribution in [2.45, 2.75) is 13.8 Å². The van der Waals surface area contributed by atoms with Crippen LogP contribution in [0.5, 0.6) is 11.5 Å². The SMILES string of the molecule is Cc1cc(C(N)=O)cc(C)c1Oc1ccc(I)cc1N. The second-order valence-electron chi connectivity index (χ2n) is 4.59. The van der Waals surface area contributed by atoms with Crippen LogP contribution in [-0.2, 0) is 0 Å². The van der Waals surface area contributed by atoms with Gasteiger partial charge in [0, 0.05) is 9.13 Å². The second kappa shape index (κ2) is 5.70. The lowest BCUT2D eigenvalue weighted by Gasteiger charge is -2.14. The standard InChI is InChI=1S/C15H15IN2O2/c1-8-5-10(15(18)19)6-9(2)14(8)20-13-4-3-11(16)7-12(13)17/h3-7H,17H2,1-2H3,(H2,18,19). The van der Waals surface area contributed by atoms with E-state index in [-0.39, 0.29) is 0 Å². The first-order valence-corrected chi connectivity index (χ1v) is 7.10. The van der Waals surface area contributed by atoms with Crippen LogP contribution in [0.2, 0.25) is 0 Å². The lowest BCUT2D eigenvalue weighted by Crippen LogP contribution is -2.11. The topological polar surface area (TPSA) is 78.3 Å². The van der Waals surface area contributed by atoms with Gasteiger partial charge in [-0.3, -0.25) is 4.79 Å². The fraction of sp³-hybridized carbons (Fsp3) is 0.133. The van der Waals surface area contributed by atoms with E-state index in [2.05, 4.69) is 22.6 Å². The van der Waals surface area contributed by atoms with Gasteiger partial charge < -0.3 is 16.2 Å². The molecule has 0 fully saturated rings. The zero-order valence-electron chi connectivity index (χ0n) is 11.2. The first-order chi connectivity index (χ1) is 9.38. The van der Waals surface area contributed by atoms with E-state index in [1.54, 1.807) is 12.1 Å². The average Bonchev–Trinajstić information content (AvgIpc) is 2.35. The molecule has 0 aromatic heterocycles. The summed E-state index contributed by atoms with van der Waals surface area (Å²) in [5.74, 6) is 0.850. The molecule has 2 aromatic carbocycles. The molecule has 0 radical (unpaired) electrons. The summed E-state index contributed by atoms with van der Waals surface area (Å²) in [6.45, 7) is 3.75. The monoisotopic (exact) mass is 382 g/mol. The van der Waals surface area contributed by atoms with E-state index in [9.17, 15) is 4.79 Å². The number of primary amides is 1. The van der Waals surface area contributed by atoms with Gasteiger partial charge in [-0.25, -0.2) is 0 Å². The number of carbonyl (C=O) groups is 1. The summed E-state index contributed by atoms with van der Waals surface area (Å²) >= 11 is 2.19. The molecule has 2 aromatic rings. The van der Waals surface area contributed by atoms with Gasteiger partial charge in [-0.15, -0.1) is 0 Å². The molecule has 0 aliphatic rings. The van der Waals surface area contributed by atoms with Gasteiger partial charge in [0.05, 0.1) is 5.69 Å². The molecule has 0 unspecified atom stereocenters. The fourth-order valence-corrected chi connectivity index (χ4v) is 2.49. The van der Waals surface area contributed by atoms with Crippen molar-refractivity contribution < 1.29 is 9.53 Å². The Bertz CT molecular complexity index is 661. The summed E-state index contributed by atoms with van der Waals surface area (Å²) < 4.78 is 6.93. The summed E-state index contributed by atoms with van der Waals surface area (Å²) in [4.78, 5) is 11.2. The van der Waals surface area contributed by atoms with E-state index in [0.29, 0.717) is 22.7 Å². The normalized spacial score (nSPS) is 10.3. The van der Waals surface area contributed by atoms with E-state index in [4.69, 9.17) is 16.2 Å². The van der Waals surface area contributed by atoms with Gasteiger partial charge >= 0.3 is 0 Å². The summed E-state index contributed by atoms with van der Waals surface area (Å²) in [5.41, 5.74) is 14.0. The molecule has 1 amide bonds. The predicted octanol–water partition coefficient (Wildman–Crippen LogP) is 3.38. The van der Waals surface area contributed by atoms with Gasteiger partial charge in [0.25, 0.3) is 0 Å². The minimum atomic E-state index is -0.448. The van der Waals surface area contributed by atoms with Crippen LogP contribution < -0.4 is 16.2 Å². The Kier molecular flexibility index (Phi) is 4.17. The molecule has 0 heterocycles. The number of rotatable bonds is 3. The van der Waals surface area contributed by atoms with Crippen LogP contribution >= 0.6 is 22.6 Å². The average molecular weight is 382 g/mol. The molecule has 0 atom stereocenters. The van der Waals surface area contributed by atoms with Crippen molar-refractivity contribution in [1.29, 1.82) is 0 Å². The number of hydrogen-bond acceptors (Lipinski definition) is 3. The van der Waals surface area contributed by atoms with Crippen LogP contribution in [0, 0.1) is 17.4 Å². The molecular weight excluding hydrogens is 367 g/mol. The summed E-state index contributed by atoms with van der Waals surface area (Å²) in [6.07, 6.45) is 0. The Balaban J connectivity index is 2.41. The van der Waals surface area contributed by atoms with Crippen LogP contribution in [0.3, 0.4) is 0 Å². The fourth-order valence-electron chi connectivity index (χ4n) is 1.98. The van der Waals surface area contributed by atoms with Crippen LogP contribution in [0.25, 0.3) is 0 Å².